The largest absolute Gasteiger partial charge is 0.511 e. The van der Waals surface area contributed by atoms with E-state index in [2.05, 4.69) is 11.6 Å². The normalized spacial score (nSPS) is 21.5. The molecule has 0 aromatic heterocycles. The third kappa shape index (κ3) is 4.21. The van der Waals surface area contributed by atoms with Gasteiger partial charge in [-0.1, -0.05) is 32.1 Å². The molecule has 0 bridgehead atoms. The number of fused-ring (bicyclic) bond motifs is 1. The number of ketones is 1. The predicted octanol–water partition coefficient (Wildman–Crippen LogP) is 3.89. The van der Waals surface area contributed by atoms with Crippen LogP contribution in [0.3, 0.4) is 0 Å². The molecule has 1 aromatic rings. The molecule has 0 unspecified atom stereocenters. The summed E-state index contributed by atoms with van der Waals surface area (Å²) in [5, 5.41) is 10.6. The topological polar surface area (TPSA) is 87.0 Å². The zero-order chi connectivity index (χ0) is 21.2. The van der Waals surface area contributed by atoms with Crippen LogP contribution in [-0.4, -0.2) is 46.4 Å². The van der Waals surface area contributed by atoms with Gasteiger partial charge in [-0.05, 0) is 30.4 Å². The molecule has 6 heteroatoms. The van der Waals surface area contributed by atoms with Crippen molar-refractivity contribution in [2.24, 2.45) is 10.4 Å². The Bertz CT molecular complexity index is 905. The number of carbonyl (C=O) groups is 3. The highest BCUT2D eigenvalue weighted by Gasteiger charge is 2.37. The molecule has 1 aliphatic carbocycles. The Morgan fingerprint density at radius 2 is 1.79 bits per heavy atom. The van der Waals surface area contributed by atoms with Crippen molar-refractivity contribution in [2.45, 2.75) is 39.5 Å². The molecular weight excluding hydrogens is 368 g/mol. The molecule has 0 atom stereocenters. The van der Waals surface area contributed by atoms with Gasteiger partial charge >= 0.3 is 0 Å². The van der Waals surface area contributed by atoms with Gasteiger partial charge in [0.05, 0.1) is 23.2 Å². The summed E-state index contributed by atoms with van der Waals surface area (Å²) in [6.45, 7) is 8.23. The highest BCUT2D eigenvalue weighted by Crippen LogP contribution is 2.36. The van der Waals surface area contributed by atoms with Crippen LogP contribution in [0, 0.1) is 5.41 Å². The summed E-state index contributed by atoms with van der Waals surface area (Å²) in [4.78, 5) is 43.1. The first-order valence-electron chi connectivity index (χ1n) is 9.80. The number of imide groups is 1. The van der Waals surface area contributed by atoms with Gasteiger partial charge in [-0.3, -0.25) is 24.3 Å². The molecule has 2 amide bonds. The zero-order valence-corrected chi connectivity index (χ0v) is 16.9. The maximum atomic E-state index is 12.7. The number of benzene rings is 1. The van der Waals surface area contributed by atoms with Crippen molar-refractivity contribution in [3.8, 4) is 0 Å². The van der Waals surface area contributed by atoms with Crippen molar-refractivity contribution in [3.05, 3.63) is 59.4 Å². The highest BCUT2D eigenvalue weighted by molar-refractivity contribution is 6.24. The molecule has 0 radical (unpaired) electrons. The van der Waals surface area contributed by atoms with Gasteiger partial charge in [-0.25, -0.2) is 0 Å². The Morgan fingerprint density at radius 1 is 1.17 bits per heavy atom. The second-order valence-electron chi connectivity index (χ2n) is 8.25. The smallest absolute Gasteiger partial charge is 0.261 e. The minimum absolute atomic E-state index is 0.0232. The van der Waals surface area contributed by atoms with E-state index in [0.29, 0.717) is 42.6 Å². The molecule has 2 aliphatic rings. The Hall–Kier alpha value is -3.02. The molecule has 1 aliphatic heterocycles. The molecule has 29 heavy (non-hydrogen) atoms. The Labute approximate surface area is 170 Å². The number of nitrogens with zero attached hydrogens (tertiary/aromatic N) is 2. The van der Waals surface area contributed by atoms with Crippen LogP contribution in [0.15, 0.2) is 53.2 Å². The molecule has 1 N–H and O–H groups in total. The van der Waals surface area contributed by atoms with Crippen LogP contribution in [0.1, 0.15) is 60.2 Å². The fourth-order valence-corrected chi connectivity index (χ4v) is 3.90. The van der Waals surface area contributed by atoms with Crippen LogP contribution in [-0.2, 0) is 4.79 Å². The third-order valence-electron chi connectivity index (χ3n) is 5.23. The second-order valence-corrected chi connectivity index (χ2v) is 8.25. The van der Waals surface area contributed by atoms with Gasteiger partial charge in [0.1, 0.15) is 5.76 Å². The lowest BCUT2D eigenvalue weighted by Gasteiger charge is -2.31. The maximum absolute atomic E-state index is 12.7. The van der Waals surface area contributed by atoms with Crippen molar-refractivity contribution in [1.82, 2.24) is 4.90 Å². The van der Waals surface area contributed by atoms with Crippen LogP contribution < -0.4 is 0 Å². The summed E-state index contributed by atoms with van der Waals surface area (Å²) in [5.41, 5.74) is 1.49. The van der Waals surface area contributed by atoms with Crippen LogP contribution in [0.25, 0.3) is 0 Å². The molecule has 3 rings (SSSR count). The number of hydrogen-bond donors (Lipinski definition) is 1. The van der Waals surface area contributed by atoms with E-state index in [9.17, 15) is 19.5 Å². The summed E-state index contributed by atoms with van der Waals surface area (Å²) in [7, 11) is 0. The first-order chi connectivity index (χ1) is 13.7. The van der Waals surface area contributed by atoms with Crippen molar-refractivity contribution >= 4 is 23.3 Å². The Kier molecular flexibility index (Phi) is 5.82. The minimum atomic E-state index is -0.318. The maximum Gasteiger partial charge on any atom is 0.261 e. The number of aliphatic hydroxyl groups is 1. The molecule has 1 heterocycles. The van der Waals surface area contributed by atoms with Crippen LogP contribution in [0.5, 0.6) is 0 Å². The lowest BCUT2D eigenvalue weighted by molar-refractivity contribution is -0.117. The van der Waals surface area contributed by atoms with Gasteiger partial charge in [-0.15, -0.1) is 6.58 Å². The molecule has 0 spiro atoms. The summed E-state index contributed by atoms with van der Waals surface area (Å²) < 4.78 is 0. The third-order valence-corrected chi connectivity index (χ3v) is 5.23. The van der Waals surface area contributed by atoms with E-state index in [1.807, 2.05) is 13.8 Å². The Morgan fingerprint density at radius 3 is 2.38 bits per heavy atom. The fraction of sp³-hybridized carbons (Fsp3) is 0.391. The SMILES string of the molecule is C=CCN=C1CC(C)(C)CC(=O)/C1=C(/O)CCCN1C(=O)c2ccccc2C1=O. The molecule has 1 fully saturated rings. The van der Waals surface area contributed by atoms with Crippen molar-refractivity contribution in [3.63, 3.8) is 0 Å². The van der Waals surface area contributed by atoms with Gasteiger partial charge in [0.2, 0.25) is 0 Å². The van der Waals surface area contributed by atoms with E-state index in [1.165, 1.54) is 4.90 Å². The molecule has 0 saturated heterocycles. The van der Waals surface area contributed by atoms with Gasteiger partial charge in [0, 0.05) is 25.1 Å². The fourth-order valence-electron chi connectivity index (χ4n) is 3.90. The number of allylic oxidation sites excluding steroid dienone is 2. The molecule has 152 valence electrons. The number of aliphatic hydroxyl groups excluding tert-OH is 1. The quantitative estimate of drug-likeness (QED) is 0.343. The van der Waals surface area contributed by atoms with Crippen molar-refractivity contribution in [2.75, 3.05) is 13.1 Å². The first kappa shape index (κ1) is 20.7. The van der Waals surface area contributed by atoms with E-state index >= 15 is 0 Å². The number of aliphatic imine (C=N–C) groups is 1. The second kappa shape index (κ2) is 8.15. The van der Waals surface area contributed by atoms with E-state index in [-0.39, 0.29) is 47.3 Å². The van der Waals surface area contributed by atoms with E-state index in [1.54, 1.807) is 30.3 Å². The predicted molar refractivity (Wildman–Crippen MR) is 111 cm³/mol. The standard InChI is InChI=1S/C23H26N2O4/c1-4-11-24-17-13-23(2,3)14-19(27)20(17)18(26)10-7-12-25-21(28)15-8-5-6-9-16(15)22(25)29/h4-6,8-9,26H,1,7,10-14H2,2-3H3/b20-18+,24-17?. The highest BCUT2D eigenvalue weighted by atomic mass is 16.3. The van der Waals surface area contributed by atoms with Crippen LogP contribution >= 0.6 is 0 Å². The van der Waals surface area contributed by atoms with Crippen molar-refractivity contribution in [1.29, 1.82) is 0 Å². The summed E-state index contributed by atoms with van der Waals surface area (Å²) in [6, 6.07) is 6.73. The number of amides is 2. The first-order valence-corrected chi connectivity index (χ1v) is 9.80. The summed E-state index contributed by atoms with van der Waals surface area (Å²) in [6.07, 6.45) is 3.16. The van der Waals surface area contributed by atoms with Gasteiger partial charge in [0.25, 0.3) is 11.8 Å². The van der Waals surface area contributed by atoms with E-state index in [0.717, 1.165) is 0 Å². The van der Waals surface area contributed by atoms with Crippen LogP contribution in [0.2, 0.25) is 0 Å². The molecule has 1 aromatic carbocycles. The summed E-state index contributed by atoms with van der Waals surface area (Å²) in [5.74, 6) is -0.782. The van der Waals surface area contributed by atoms with E-state index < -0.39 is 0 Å². The Balaban J connectivity index is 1.72. The number of carbonyl (C=O) groups excluding carboxylic acids is 3. The minimum Gasteiger partial charge on any atom is -0.511 e. The van der Waals surface area contributed by atoms with Gasteiger partial charge < -0.3 is 5.11 Å². The lowest BCUT2D eigenvalue weighted by Crippen LogP contribution is -2.33. The average Bonchev–Trinajstić information content (AvgIpc) is 2.90. The van der Waals surface area contributed by atoms with Gasteiger partial charge in [-0.2, -0.15) is 0 Å². The monoisotopic (exact) mass is 394 g/mol. The lowest BCUT2D eigenvalue weighted by atomic mass is 9.73. The van der Waals surface area contributed by atoms with Gasteiger partial charge in [0.15, 0.2) is 5.78 Å². The number of rotatable bonds is 6. The molecule has 1 saturated carbocycles. The summed E-state index contributed by atoms with van der Waals surface area (Å²) >= 11 is 0. The van der Waals surface area contributed by atoms with Crippen LogP contribution in [0.4, 0.5) is 0 Å². The average molecular weight is 394 g/mol. The number of hydrogen-bond acceptors (Lipinski definition) is 5. The van der Waals surface area contributed by atoms with Crippen molar-refractivity contribution < 1.29 is 19.5 Å². The van der Waals surface area contributed by atoms with E-state index in [4.69, 9.17) is 0 Å². The molecule has 6 nitrogen and oxygen atoms in total. The molecular formula is C23H26N2O4. The zero-order valence-electron chi connectivity index (χ0n) is 16.9. The number of Topliss-reactive ketones (excluding diaryl/α,β-unsaturated/α-hetero) is 1.